The summed E-state index contributed by atoms with van der Waals surface area (Å²) in [5.74, 6) is 0.869. The van der Waals surface area contributed by atoms with E-state index in [1.54, 1.807) is 0 Å². The Morgan fingerprint density at radius 3 is 2.67 bits per heavy atom. The van der Waals surface area contributed by atoms with Crippen molar-refractivity contribution in [1.29, 1.82) is 0 Å². The van der Waals surface area contributed by atoms with Gasteiger partial charge in [-0.3, -0.25) is 14.6 Å². The van der Waals surface area contributed by atoms with Crippen LogP contribution in [0.1, 0.15) is 62.8 Å². The Bertz CT molecular complexity index is 555. The number of aliphatic hydroxyl groups excluding tert-OH is 1. The molecule has 1 aliphatic heterocycles. The van der Waals surface area contributed by atoms with E-state index in [1.807, 2.05) is 0 Å². The smallest absolute Gasteiger partial charge is 0.273 e. The number of nitrogens with one attached hydrogen (secondary N) is 1. The summed E-state index contributed by atoms with van der Waals surface area (Å²) in [7, 11) is 0. The molecule has 7 heteroatoms. The van der Waals surface area contributed by atoms with E-state index in [9.17, 15) is 9.90 Å². The molecule has 7 nitrogen and oxygen atoms in total. The molecule has 0 aliphatic carbocycles. The van der Waals surface area contributed by atoms with Gasteiger partial charge in [-0.2, -0.15) is 0 Å². The number of nitrogens with zero attached hydrogens (tertiary/aromatic N) is 3. The maximum Gasteiger partial charge on any atom is 0.273 e. The third kappa shape index (κ3) is 7.60. The van der Waals surface area contributed by atoms with E-state index in [0.29, 0.717) is 30.6 Å². The first-order chi connectivity index (χ1) is 13.0. The van der Waals surface area contributed by atoms with Gasteiger partial charge >= 0.3 is 0 Å². The number of amides is 1. The topological polar surface area (TPSA) is 81.8 Å². The predicted molar refractivity (Wildman–Crippen MR) is 106 cm³/mol. The van der Waals surface area contributed by atoms with Crippen LogP contribution in [0.4, 0.5) is 0 Å². The number of hydrogen-bond donors (Lipinski definition) is 2. The summed E-state index contributed by atoms with van der Waals surface area (Å²) in [6.07, 6.45) is 5.35. The highest BCUT2D eigenvalue weighted by Crippen LogP contribution is 2.11. The lowest BCUT2D eigenvalue weighted by molar-refractivity contribution is 0.0627. The van der Waals surface area contributed by atoms with Crippen molar-refractivity contribution in [3.05, 3.63) is 17.8 Å². The zero-order chi connectivity index (χ0) is 19.6. The average molecular weight is 381 g/mol. The Kier molecular flexibility index (Phi) is 9.24. The van der Waals surface area contributed by atoms with Crippen LogP contribution in [0.5, 0.6) is 0 Å². The van der Waals surface area contributed by atoms with Gasteiger partial charge < -0.3 is 14.8 Å². The van der Waals surface area contributed by atoms with Crippen LogP contribution in [0.3, 0.4) is 0 Å². The Labute approximate surface area is 163 Å². The maximum atomic E-state index is 12.1. The quantitative estimate of drug-likeness (QED) is 0.612. The van der Waals surface area contributed by atoms with Gasteiger partial charge in [-0.15, -0.1) is 0 Å². The summed E-state index contributed by atoms with van der Waals surface area (Å²) in [6.45, 7) is 12.1. The van der Waals surface area contributed by atoms with Crippen LogP contribution in [0.2, 0.25) is 0 Å². The Morgan fingerprint density at radius 2 is 2.00 bits per heavy atom. The van der Waals surface area contributed by atoms with Crippen LogP contribution >= 0.6 is 0 Å². The third-order valence-corrected chi connectivity index (χ3v) is 5.28. The molecule has 0 radical (unpaired) electrons. The second-order valence-electron chi connectivity index (χ2n) is 7.72. The summed E-state index contributed by atoms with van der Waals surface area (Å²) in [5, 5.41) is 13.0. The molecule has 1 aromatic rings. The van der Waals surface area contributed by atoms with Crippen LogP contribution in [0, 0.1) is 5.92 Å². The van der Waals surface area contributed by atoms with Gasteiger partial charge in [0, 0.05) is 39.3 Å². The summed E-state index contributed by atoms with van der Waals surface area (Å²) < 4.78 is 5.49. The van der Waals surface area contributed by atoms with Gasteiger partial charge in [0.05, 0.1) is 12.6 Å². The Hall–Kier alpha value is -1.44. The van der Waals surface area contributed by atoms with Crippen molar-refractivity contribution in [3.63, 3.8) is 0 Å². The largest absolute Gasteiger partial charge is 0.447 e. The van der Waals surface area contributed by atoms with Crippen molar-refractivity contribution < 1.29 is 14.3 Å². The minimum atomic E-state index is -0.222. The fourth-order valence-electron chi connectivity index (χ4n) is 3.14. The molecule has 2 rings (SSSR count). The van der Waals surface area contributed by atoms with E-state index in [2.05, 4.69) is 40.9 Å². The molecule has 1 saturated heterocycles. The molecule has 0 saturated carbocycles. The number of β-amino-alcohol motifs (C(OH)–C–C–N with tert-alkyl or cyclic N) is 1. The zero-order valence-corrected chi connectivity index (χ0v) is 17.1. The van der Waals surface area contributed by atoms with Crippen molar-refractivity contribution in [2.45, 2.75) is 59.1 Å². The average Bonchev–Trinajstić information content (AvgIpc) is 3.14. The first-order valence-corrected chi connectivity index (χ1v) is 10.4. The lowest BCUT2D eigenvalue weighted by Crippen LogP contribution is -2.48. The molecule has 1 fully saturated rings. The summed E-state index contributed by atoms with van der Waals surface area (Å²) in [6, 6.07) is 0. The minimum Gasteiger partial charge on any atom is -0.447 e. The van der Waals surface area contributed by atoms with Crippen molar-refractivity contribution >= 4 is 5.91 Å². The predicted octanol–water partition coefficient (Wildman–Crippen LogP) is 2.12. The molecule has 0 unspecified atom stereocenters. The summed E-state index contributed by atoms with van der Waals surface area (Å²) in [4.78, 5) is 21.0. The molecular weight excluding hydrogens is 344 g/mol. The van der Waals surface area contributed by atoms with Crippen LogP contribution in [0.15, 0.2) is 10.7 Å². The number of carbonyl (C=O) groups is 1. The summed E-state index contributed by atoms with van der Waals surface area (Å²) in [5.41, 5.74) is 0.353. The van der Waals surface area contributed by atoms with Gasteiger partial charge in [0.1, 0.15) is 6.26 Å². The van der Waals surface area contributed by atoms with Gasteiger partial charge in [0.2, 0.25) is 5.89 Å². The van der Waals surface area contributed by atoms with Crippen LogP contribution < -0.4 is 5.32 Å². The van der Waals surface area contributed by atoms with Crippen molar-refractivity contribution in [1.82, 2.24) is 20.1 Å². The van der Waals surface area contributed by atoms with Gasteiger partial charge in [-0.25, -0.2) is 4.98 Å². The lowest BCUT2D eigenvalue weighted by atomic mass is 10.1. The Balaban J connectivity index is 1.71. The van der Waals surface area contributed by atoms with E-state index in [-0.39, 0.29) is 12.0 Å². The molecular formula is C20H36N4O3. The number of aromatic nitrogens is 1. The third-order valence-electron chi connectivity index (χ3n) is 5.28. The number of unbranched alkanes of at least 4 members (excludes halogenated alkanes) is 1. The molecule has 1 aromatic heterocycles. The van der Waals surface area contributed by atoms with Gasteiger partial charge in [-0.05, 0) is 12.3 Å². The van der Waals surface area contributed by atoms with E-state index in [0.717, 1.165) is 58.4 Å². The van der Waals surface area contributed by atoms with Crippen LogP contribution in [0.25, 0.3) is 0 Å². The number of aliphatic hydroxyl groups is 1. The molecule has 1 amide bonds. The fourth-order valence-corrected chi connectivity index (χ4v) is 3.14. The standard InChI is InChI=1S/C20H36N4O3/c1-4-6-7-17(25)13-23-8-10-24(11-9-23)14-19-22-18(15-27-19)20(26)21-12-16(3)5-2/h15-17,25H,4-14H2,1-3H3,(H,21,26)/t16-,17+/m0/s1. The molecule has 0 bridgehead atoms. The number of carbonyl (C=O) groups excluding carboxylic acids is 1. The fraction of sp³-hybridized carbons (Fsp3) is 0.800. The van der Waals surface area contributed by atoms with E-state index < -0.39 is 0 Å². The Morgan fingerprint density at radius 1 is 1.30 bits per heavy atom. The minimum absolute atomic E-state index is 0.170. The molecule has 0 aromatic carbocycles. The first kappa shape index (κ1) is 21.9. The van der Waals surface area contributed by atoms with Crippen LogP contribution in [-0.2, 0) is 6.54 Å². The highest BCUT2D eigenvalue weighted by Gasteiger charge is 2.21. The lowest BCUT2D eigenvalue weighted by Gasteiger charge is -2.35. The molecule has 154 valence electrons. The number of rotatable bonds is 11. The van der Waals surface area contributed by atoms with Gasteiger partial charge in [0.15, 0.2) is 5.69 Å². The zero-order valence-electron chi connectivity index (χ0n) is 17.1. The van der Waals surface area contributed by atoms with Crippen LogP contribution in [-0.4, -0.2) is 71.2 Å². The van der Waals surface area contributed by atoms with Gasteiger partial charge in [-0.1, -0.05) is 40.0 Å². The van der Waals surface area contributed by atoms with E-state index in [1.165, 1.54) is 6.26 Å². The highest BCUT2D eigenvalue weighted by atomic mass is 16.3. The summed E-state index contributed by atoms with van der Waals surface area (Å²) >= 11 is 0. The van der Waals surface area contributed by atoms with E-state index >= 15 is 0 Å². The number of piperazine rings is 1. The second-order valence-corrected chi connectivity index (χ2v) is 7.72. The monoisotopic (exact) mass is 380 g/mol. The SMILES string of the molecule is CCCC[C@@H](O)CN1CCN(Cc2nc(C(=O)NC[C@@H](C)CC)co2)CC1. The van der Waals surface area contributed by atoms with Gasteiger partial charge in [0.25, 0.3) is 5.91 Å². The van der Waals surface area contributed by atoms with Crippen molar-refractivity contribution in [3.8, 4) is 0 Å². The van der Waals surface area contributed by atoms with E-state index in [4.69, 9.17) is 4.42 Å². The maximum absolute atomic E-state index is 12.1. The normalized spacial score (nSPS) is 18.4. The molecule has 2 atom stereocenters. The molecule has 1 aliphatic rings. The number of oxazole rings is 1. The van der Waals surface area contributed by atoms with Crippen molar-refractivity contribution in [2.24, 2.45) is 5.92 Å². The number of hydrogen-bond acceptors (Lipinski definition) is 6. The second kappa shape index (κ2) is 11.4. The van der Waals surface area contributed by atoms with Crippen molar-refractivity contribution in [2.75, 3.05) is 39.3 Å². The first-order valence-electron chi connectivity index (χ1n) is 10.4. The highest BCUT2D eigenvalue weighted by molar-refractivity contribution is 5.91. The molecule has 2 heterocycles. The molecule has 0 spiro atoms. The molecule has 27 heavy (non-hydrogen) atoms. The molecule has 2 N–H and O–H groups in total.